The normalized spacial score (nSPS) is 12.6. The van der Waals surface area contributed by atoms with Gasteiger partial charge in [0.25, 0.3) is 0 Å². The predicted molar refractivity (Wildman–Crippen MR) is 78.2 cm³/mol. The maximum atomic E-state index is 4.57. The fourth-order valence-corrected chi connectivity index (χ4v) is 2.71. The Hall–Kier alpha value is -1.29. The summed E-state index contributed by atoms with van der Waals surface area (Å²) in [6, 6.07) is 2.47. The van der Waals surface area contributed by atoms with Crippen LogP contribution in [0.25, 0.3) is 0 Å². The van der Waals surface area contributed by atoms with Crippen LogP contribution in [0.5, 0.6) is 0 Å². The molecule has 4 heteroatoms. The van der Waals surface area contributed by atoms with Crippen LogP contribution in [0.4, 0.5) is 5.95 Å². The third kappa shape index (κ3) is 3.13. The quantitative estimate of drug-likeness (QED) is 0.845. The first-order valence-corrected chi connectivity index (χ1v) is 7.47. The van der Waals surface area contributed by atoms with E-state index in [-0.39, 0.29) is 0 Å². The van der Waals surface area contributed by atoms with Crippen molar-refractivity contribution in [3.8, 4) is 0 Å². The maximum absolute atomic E-state index is 4.57. The van der Waals surface area contributed by atoms with Crippen molar-refractivity contribution in [2.75, 3.05) is 5.32 Å². The van der Waals surface area contributed by atoms with E-state index in [1.165, 1.54) is 18.4 Å². The van der Waals surface area contributed by atoms with Gasteiger partial charge in [-0.1, -0.05) is 13.3 Å². The lowest BCUT2D eigenvalue weighted by Crippen LogP contribution is -2.11. The second-order valence-electron chi connectivity index (χ2n) is 4.68. The molecule has 3 nitrogen and oxygen atoms in total. The molecule has 0 aliphatic rings. The molecule has 0 bridgehead atoms. The van der Waals surface area contributed by atoms with Gasteiger partial charge >= 0.3 is 0 Å². The molecule has 98 valence electrons. The van der Waals surface area contributed by atoms with Gasteiger partial charge in [-0.3, -0.25) is 0 Å². The molecule has 2 rings (SSSR count). The van der Waals surface area contributed by atoms with E-state index in [9.17, 15) is 0 Å². The number of aromatic nitrogens is 2. The minimum atomic E-state index is 0.304. The number of imidazole rings is 1. The summed E-state index contributed by atoms with van der Waals surface area (Å²) in [5.41, 5.74) is 2.40. The van der Waals surface area contributed by atoms with Gasteiger partial charge < -0.3 is 9.88 Å². The highest BCUT2D eigenvalue weighted by atomic mass is 32.1. The van der Waals surface area contributed by atoms with Crippen LogP contribution in [0, 0.1) is 6.92 Å². The van der Waals surface area contributed by atoms with Crippen molar-refractivity contribution < 1.29 is 0 Å². The van der Waals surface area contributed by atoms with Crippen LogP contribution in [0.1, 0.15) is 44.0 Å². The third-order valence-corrected chi connectivity index (χ3v) is 3.74. The number of thiophene rings is 1. The summed E-state index contributed by atoms with van der Waals surface area (Å²) in [7, 11) is 0. The summed E-state index contributed by atoms with van der Waals surface area (Å²) in [6.45, 7) is 7.47. The van der Waals surface area contributed by atoms with Gasteiger partial charge in [0, 0.05) is 12.7 Å². The van der Waals surface area contributed by atoms with Crippen molar-refractivity contribution in [1.82, 2.24) is 9.55 Å². The zero-order valence-corrected chi connectivity index (χ0v) is 12.1. The summed E-state index contributed by atoms with van der Waals surface area (Å²) >= 11 is 1.73. The zero-order chi connectivity index (χ0) is 13.0. The molecule has 0 radical (unpaired) electrons. The Balaban J connectivity index is 2.08. The molecule has 1 atom stereocenters. The van der Waals surface area contributed by atoms with Gasteiger partial charge in [0.15, 0.2) is 0 Å². The fraction of sp³-hybridized carbons (Fsp3) is 0.500. The second-order valence-corrected chi connectivity index (χ2v) is 5.46. The summed E-state index contributed by atoms with van der Waals surface area (Å²) in [5.74, 6) is 0.986. The van der Waals surface area contributed by atoms with Crippen molar-refractivity contribution in [2.45, 2.75) is 46.2 Å². The molecule has 2 aromatic heterocycles. The van der Waals surface area contributed by atoms with Crippen molar-refractivity contribution in [3.05, 3.63) is 34.3 Å². The summed E-state index contributed by atoms with van der Waals surface area (Å²) in [6.07, 6.45) is 4.52. The Kier molecular flexibility index (Phi) is 4.42. The molecule has 0 saturated heterocycles. The highest BCUT2D eigenvalue weighted by Crippen LogP contribution is 2.21. The molecule has 0 aliphatic carbocycles. The smallest absolute Gasteiger partial charge is 0.203 e. The Labute approximate surface area is 113 Å². The van der Waals surface area contributed by atoms with E-state index in [0.717, 1.165) is 18.2 Å². The lowest BCUT2D eigenvalue weighted by atomic mass is 10.2. The van der Waals surface area contributed by atoms with Gasteiger partial charge in [0.05, 0.1) is 11.7 Å². The van der Waals surface area contributed by atoms with E-state index in [2.05, 4.69) is 51.7 Å². The van der Waals surface area contributed by atoms with Crippen LogP contribution in [-0.4, -0.2) is 9.55 Å². The number of nitrogens with zero attached hydrogens (tertiary/aromatic N) is 2. The second kappa shape index (κ2) is 6.05. The molecular weight excluding hydrogens is 242 g/mol. The summed E-state index contributed by atoms with van der Waals surface area (Å²) < 4.78 is 2.22. The van der Waals surface area contributed by atoms with Crippen molar-refractivity contribution in [2.24, 2.45) is 0 Å². The van der Waals surface area contributed by atoms with Crippen molar-refractivity contribution in [3.63, 3.8) is 0 Å². The Morgan fingerprint density at radius 1 is 1.50 bits per heavy atom. The molecule has 1 unspecified atom stereocenters. The first-order chi connectivity index (χ1) is 8.70. The van der Waals surface area contributed by atoms with E-state index < -0.39 is 0 Å². The number of rotatable bonds is 6. The fourth-order valence-electron chi connectivity index (χ4n) is 1.96. The molecule has 0 saturated carbocycles. The van der Waals surface area contributed by atoms with Crippen molar-refractivity contribution in [1.29, 1.82) is 0 Å². The maximum Gasteiger partial charge on any atom is 0.203 e. The van der Waals surface area contributed by atoms with Gasteiger partial charge in [-0.25, -0.2) is 4.98 Å². The number of nitrogens with one attached hydrogen (secondary N) is 1. The van der Waals surface area contributed by atoms with Gasteiger partial charge in [-0.15, -0.1) is 0 Å². The Bertz CT molecular complexity index is 473. The van der Waals surface area contributed by atoms with Crippen LogP contribution in [0.2, 0.25) is 0 Å². The molecule has 2 aromatic rings. The van der Waals surface area contributed by atoms with Gasteiger partial charge in [0.2, 0.25) is 5.95 Å². The van der Waals surface area contributed by atoms with Gasteiger partial charge in [-0.05, 0) is 42.7 Å². The largest absolute Gasteiger partial charge is 0.349 e. The Morgan fingerprint density at radius 3 is 3.00 bits per heavy atom. The van der Waals surface area contributed by atoms with Gasteiger partial charge in [-0.2, -0.15) is 11.3 Å². The lowest BCUT2D eigenvalue weighted by molar-refractivity contribution is 0.630. The minimum absolute atomic E-state index is 0.304. The summed E-state index contributed by atoms with van der Waals surface area (Å²) in [5, 5.41) is 7.80. The van der Waals surface area contributed by atoms with Gasteiger partial charge in [0.1, 0.15) is 0 Å². The molecular formula is C14H21N3S. The highest BCUT2D eigenvalue weighted by molar-refractivity contribution is 7.07. The molecule has 18 heavy (non-hydrogen) atoms. The first-order valence-electron chi connectivity index (χ1n) is 6.53. The molecule has 0 spiro atoms. The van der Waals surface area contributed by atoms with Crippen LogP contribution < -0.4 is 5.32 Å². The topological polar surface area (TPSA) is 29.9 Å². The molecule has 2 heterocycles. The van der Waals surface area contributed by atoms with Crippen LogP contribution in [0.3, 0.4) is 0 Å². The highest BCUT2D eigenvalue weighted by Gasteiger charge is 2.10. The van der Waals surface area contributed by atoms with E-state index in [4.69, 9.17) is 0 Å². The minimum Gasteiger partial charge on any atom is -0.349 e. The van der Waals surface area contributed by atoms with E-state index >= 15 is 0 Å². The number of aryl methyl sites for hydroxylation is 2. The SMILES string of the molecule is CCCCn1cc(C)nc1NC(C)c1ccsc1. The number of hydrogen-bond donors (Lipinski definition) is 1. The number of anilines is 1. The number of unbranched alkanes of at least 4 members (excludes halogenated alkanes) is 1. The average Bonchev–Trinajstić information content (AvgIpc) is 2.96. The monoisotopic (exact) mass is 263 g/mol. The number of hydrogen-bond acceptors (Lipinski definition) is 3. The van der Waals surface area contributed by atoms with Crippen LogP contribution in [0.15, 0.2) is 23.0 Å². The van der Waals surface area contributed by atoms with E-state index in [1.807, 2.05) is 6.92 Å². The molecule has 0 aliphatic heterocycles. The third-order valence-electron chi connectivity index (χ3n) is 3.04. The first kappa shape index (κ1) is 13.1. The zero-order valence-electron chi connectivity index (χ0n) is 11.3. The molecule has 0 fully saturated rings. The lowest BCUT2D eigenvalue weighted by Gasteiger charge is -2.14. The van der Waals surface area contributed by atoms with Crippen LogP contribution >= 0.6 is 11.3 Å². The van der Waals surface area contributed by atoms with Crippen molar-refractivity contribution >= 4 is 17.3 Å². The average molecular weight is 263 g/mol. The van der Waals surface area contributed by atoms with E-state index in [1.54, 1.807) is 11.3 Å². The molecule has 0 amide bonds. The molecule has 0 aromatic carbocycles. The molecule has 1 N–H and O–H groups in total. The summed E-state index contributed by atoms with van der Waals surface area (Å²) in [4.78, 5) is 4.57. The predicted octanol–water partition coefficient (Wildman–Crippen LogP) is 4.23. The van der Waals surface area contributed by atoms with E-state index in [0.29, 0.717) is 6.04 Å². The standard InChI is InChI=1S/C14H21N3S/c1-4-5-7-17-9-11(2)15-14(17)16-12(3)13-6-8-18-10-13/h6,8-10,12H,4-5,7H2,1-3H3,(H,15,16). The Morgan fingerprint density at radius 2 is 2.33 bits per heavy atom. The van der Waals surface area contributed by atoms with Crippen LogP contribution in [-0.2, 0) is 6.54 Å².